The summed E-state index contributed by atoms with van der Waals surface area (Å²) in [7, 11) is 7.68. The van der Waals surface area contributed by atoms with E-state index in [4.69, 9.17) is 23.4 Å². The van der Waals surface area contributed by atoms with Crippen molar-refractivity contribution >= 4 is 45.9 Å². The third-order valence-electron chi connectivity index (χ3n) is 9.44. The second kappa shape index (κ2) is 24.5. The van der Waals surface area contributed by atoms with Crippen LogP contribution < -0.4 is 208 Å². The van der Waals surface area contributed by atoms with E-state index in [1.165, 1.54) is 4.90 Å². The van der Waals surface area contributed by atoms with Crippen molar-refractivity contribution in [2.45, 2.75) is 6.92 Å². The van der Waals surface area contributed by atoms with Crippen LogP contribution >= 0.6 is 0 Å². The van der Waals surface area contributed by atoms with Crippen LogP contribution in [0.4, 0.5) is 17.1 Å². The first-order chi connectivity index (χ1) is 27.3. The van der Waals surface area contributed by atoms with Gasteiger partial charge in [0.15, 0.2) is 0 Å². The number of hydrogen-bond acceptors (Lipinski definition) is 14. The van der Waals surface area contributed by atoms with Crippen molar-refractivity contribution < 1.29 is 207 Å². The zero-order valence-corrected chi connectivity index (χ0v) is 44.9. The minimum absolute atomic E-state index is 0. The Morgan fingerprint density at radius 3 is 1.97 bits per heavy atom. The molecular formula is C42H44K3N4O11+. The Hall–Kier alpha value is -1.57. The third kappa shape index (κ3) is 13.5. The average molecular weight is 898 g/mol. The van der Waals surface area contributed by atoms with Gasteiger partial charge in [-0.3, -0.25) is 0 Å². The summed E-state index contributed by atoms with van der Waals surface area (Å²) in [5.74, 6) is -2.79. The Bertz CT molecular complexity index is 2350. The molecule has 3 aromatic carbocycles. The molecule has 0 fully saturated rings. The van der Waals surface area contributed by atoms with Crippen LogP contribution in [0.3, 0.4) is 0 Å². The summed E-state index contributed by atoms with van der Waals surface area (Å²) in [5.41, 5.74) is 4.91. The molecule has 60 heavy (non-hydrogen) atoms. The number of aryl methyl sites for hydroxylation is 1. The van der Waals surface area contributed by atoms with E-state index < -0.39 is 37.6 Å². The summed E-state index contributed by atoms with van der Waals surface area (Å²) in [5, 5.41) is 37.3. The van der Waals surface area contributed by atoms with E-state index >= 15 is 0 Å². The van der Waals surface area contributed by atoms with Crippen LogP contribution in [0.2, 0.25) is 0 Å². The molecule has 2 heterocycles. The molecule has 0 saturated heterocycles. The summed E-state index contributed by atoms with van der Waals surface area (Å²) in [6.45, 7) is 0.405. The second-order valence-electron chi connectivity index (χ2n) is 14.0. The van der Waals surface area contributed by atoms with E-state index in [0.29, 0.717) is 44.9 Å². The maximum Gasteiger partial charge on any atom is 1.00 e. The maximum atomic E-state index is 12.2. The van der Waals surface area contributed by atoms with Crippen LogP contribution in [-0.2, 0) is 19.1 Å². The van der Waals surface area contributed by atoms with Gasteiger partial charge >= 0.3 is 154 Å². The SMILES string of the molecule is Cc1ccc2c(c1)OCCOc1cc(-c3c4ccc(=[N+](C)C)cc-4oc4cc(N(C)C)ccc34)c(OCC(=O)[O-])cc1N(CC(=O)[O-])CCOCCN2CC(=O)[O-].[K+].[K+].[K+]. The zero-order chi connectivity index (χ0) is 40.8. The molecule has 0 unspecified atom stereocenters. The molecule has 0 aromatic heterocycles. The fourth-order valence-corrected chi connectivity index (χ4v) is 6.71. The van der Waals surface area contributed by atoms with Crippen LogP contribution in [-0.4, -0.2) is 105 Å². The first-order valence-electron chi connectivity index (χ1n) is 18.3. The number of benzene rings is 4. The van der Waals surface area contributed by atoms with Crippen LogP contribution in [0, 0.1) is 6.92 Å². The summed E-state index contributed by atoms with van der Waals surface area (Å²) in [6, 6.07) is 20.2. The van der Waals surface area contributed by atoms with E-state index in [2.05, 4.69) is 0 Å². The molecule has 3 aromatic rings. The van der Waals surface area contributed by atoms with Gasteiger partial charge in [-0.05, 0) is 48.9 Å². The number of carboxylic acid groups (broad SMARTS) is 3. The van der Waals surface area contributed by atoms with Gasteiger partial charge in [0.1, 0.15) is 62.5 Å². The molecule has 0 saturated carbocycles. The predicted octanol–water partition coefficient (Wildman–Crippen LogP) is -8.65. The molecule has 300 valence electrons. The fourth-order valence-electron chi connectivity index (χ4n) is 6.71. The Morgan fingerprint density at radius 1 is 0.733 bits per heavy atom. The number of carboxylic acids is 3. The summed E-state index contributed by atoms with van der Waals surface area (Å²) in [4.78, 5) is 40.7. The van der Waals surface area contributed by atoms with Crippen molar-refractivity contribution in [1.82, 2.24) is 4.58 Å². The zero-order valence-electron chi connectivity index (χ0n) is 35.5. The van der Waals surface area contributed by atoms with E-state index in [1.807, 2.05) is 87.1 Å². The fraction of sp³-hybridized carbons (Fsp3) is 0.333. The van der Waals surface area contributed by atoms with Crippen LogP contribution in [0.15, 0.2) is 71.1 Å². The van der Waals surface area contributed by atoms with Gasteiger partial charge in [-0.25, -0.2) is 4.58 Å². The van der Waals surface area contributed by atoms with E-state index in [9.17, 15) is 29.7 Å². The van der Waals surface area contributed by atoms with Crippen LogP contribution in [0.25, 0.3) is 33.4 Å². The Morgan fingerprint density at radius 2 is 1.37 bits per heavy atom. The minimum atomic E-state index is -1.46. The van der Waals surface area contributed by atoms with Crippen LogP contribution in [0.5, 0.6) is 17.2 Å². The van der Waals surface area contributed by atoms with E-state index in [0.717, 1.165) is 16.6 Å². The smallest absolute Gasteiger partial charge is 0.548 e. The normalized spacial score (nSPS) is 13.0. The van der Waals surface area contributed by atoms with Crippen molar-refractivity contribution in [3.05, 3.63) is 77.7 Å². The molecule has 0 spiro atoms. The molecule has 3 aliphatic rings. The molecule has 0 atom stereocenters. The molecule has 1 aliphatic carbocycles. The number of rotatable bonds is 9. The van der Waals surface area contributed by atoms with Gasteiger partial charge in [-0.2, -0.15) is 0 Å². The van der Waals surface area contributed by atoms with Crippen LogP contribution in [0.1, 0.15) is 5.56 Å². The summed E-state index contributed by atoms with van der Waals surface area (Å²) < 4.78 is 32.9. The standard InChI is InChI=1S/C42H46N4O11.3K/c1-26-6-11-32-37(18-26)54-16-17-55-38-21-31(42-29-9-7-27(43(2)3)19-35(29)57-36-20-28(44(4)5)8-10-30(36)42)34(56-25-41(51)52)22-33(38)46(24-40(49)50)13-15-53-14-12-45(32)23-39(47)48;;;/h6-11,18-22H,12-17,23-25H2,1-5H3,(H2-,47,48,49,50,51,52);;;/q;3*+1/p-2. The first kappa shape index (κ1) is 52.8. The van der Waals surface area contributed by atoms with Gasteiger partial charge in [0.25, 0.3) is 0 Å². The van der Waals surface area contributed by atoms with Crippen molar-refractivity contribution in [2.75, 3.05) is 102 Å². The molecule has 2 aliphatic heterocycles. The predicted molar refractivity (Wildman–Crippen MR) is 208 cm³/mol. The molecule has 0 amide bonds. The molecule has 0 bridgehead atoms. The van der Waals surface area contributed by atoms with Gasteiger partial charge in [-0.15, -0.1) is 0 Å². The van der Waals surface area contributed by atoms with Gasteiger partial charge in [0.05, 0.1) is 61.7 Å². The summed E-state index contributed by atoms with van der Waals surface area (Å²) >= 11 is 0. The number of nitrogens with zero attached hydrogens (tertiary/aromatic N) is 4. The largest absolute Gasteiger partial charge is 1.00 e. The van der Waals surface area contributed by atoms with Gasteiger partial charge < -0.3 is 67.8 Å². The van der Waals surface area contributed by atoms with Crippen molar-refractivity contribution in [3.63, 3.8) is 0 Å². The number of carbonyl (C=O) groups excluding carboxylic acids is 3. The minimum Gasteiger partial charge on any atom is -0.548 e. The van der Waals surface area contributed by atoms with E-state index in [-0.39, 0.29) is 211 Å². The van der Waals surface area contributed by atoms with Gasteiger partial charge in [-0.1, -0.05) is 6.07 Å². The molecule has 18 heteroatoms. The topological polar surface area (TPSA) is 183 Å². The number of fused-ring (bicyclic) bond motifs is 4. The third-order valence-corrected chi connectivity index (χ3v) is 9.44. The van der Waals surface area contributed by atoms with Gasteiger partial charge in [0, 0.05) is 73.1 Å². The Kier molecular flexibility index (Phi) is 21.5. The Balaban J connectivity index is 0.00000320. The maximum absolute atomic E-state index is 12.2. The number of aliphatic carboxylic acids is 3. The van der Waals surface area contributed by atoms with Crippen molar-refractivity contribution in [3.8, 4) is 39.7 Å². The molecule has 6 rings (SSSR count). The number of carbonyl (C=O) groups is 3. The van der Waals surface area contributed by atoms with Gasteiger partial charge in [0.2, 0.25) is 5.36 Å². The van der Waals surface area contributed by atoms with Crippen molar-refractivity contribution in [2.24, 2.45) is 0 Å². The molecule has 15 nitrogen and oxygen atoms in total. The number of ether oxygens (including phenoxy) is 4. The summed E-state index contributed by atoms with van der Waals surface area (Å²) in [6.07, 6.45) is 0. The number of hydrogen-bond donors (Lipinski definition) is 0. The first-order valence-corrected chi connectivity index (χ1v) is 18.3. The monoisotopic (exact) mass is 897 g/mol. The quantitative estimate of drug-likeness (QED) is 0.0773. The van der Waals surface area contributed by atoms with Crippen molar-refractivity contribution in [1.29, 1.82) is 0 Å². The molecule has 0 N–H and O–H groups in total. The van der Waals surface area contributed by atoms with E-state index in [1.54, 1.807) is 29.2 Å². The average Bonchev–Trinajstić information content (AvgIpc) is 3.16. The Labute approximate surface area is 476 Å². The molecular weight excluding hydrogens is 854 g/mol. The second-order valence-corrected chi connectivity index (χ2v) is 14.0. The number of anilines is 3. The molecule has 0 radical (unpaired) electrons.